The van der Waals surface area contributed by atoms with E-state index in [0.29, 0.717) is 31.2 Å². The number of dihydropyridines is 1. The number of piperazine rings is 1. The van der Waals surface area contributed by atoms with Crippen LogP contribution in [0.5, 0.6) is 0 Å². The lowest BCUT2D eigenvalue weighted by Crippen LogP contribution is -2.54. The second-order valence-corrected chi connectivity index (χ2v) is 13.6. The Morgan fingerprint density at radius 1 is 1.09 bits per heavy atom. The van der Waals surface area contributed by atoms with Gasteiger partial charge < -0.3 is 29.6 Å². The predicted molar refractivity (Wildman–Crippen MR) is 167 cm³/mol. The monoisotopic (exact) mass is 618 g/mol. The zero-order valence-electron chi connectivity index (χ0n) is 25.4. The molecule has 0 radical (unpaired) electrons. The van der Waals surface area contributed by atoms with Gasteiger partial charge in [-0.15, -0.1) is 0 Å². The molecule has 3 aliphatic carbocycles. The zero-order valence-corrected chi connectivity index (χ0v) is 26.1. The Labute approximate surface area is 262 Å². The molecule has 10 nitrogen and oxygen atoms in total. The van der Waals surface area contributed by atoms with Gasteiger partial charge in [0.05, 0.1) is 36.3 Å². The van der Waals surface area contributed by atoms with Gasteiger partial charge in [-0.3, -0.25) is 4.90 Å². The maximum absolute atomic E-state index is 13.3. The summed E-state index contributed by atoms with van der Waals surface area (Å²) in [4.78, 5) is 34.8. The molecule has 2 aliphatic heterocycles. The molecule has 11 heteroatoms. The molecule has 1 aromatic heterocycles. The number of amides is 2. The summed E-state index contributed by atoms with van der Waals surface area (Å²) in [7, 11) is 1.92. The number of allylic oxidation sites excluding steroid dienone is 2. The fraction of sp³-hybridized carbons (Fsp3) is 0.485. The highest BCUT2D eigenvalue weighted by atomic mass is 35.5. The Balaban J connectivity index is 1.25. The summed E-state index contributed by atoms with van der Waals surface area (Å²) in [6, 6.07) is 5.34. The van der Waals surface area contributed by atoms with Crippen LogP contribution in [0.4, 0.5) is 9.59 Å². The van der Waals surface area contributed by atoms with Crippen molar-refractivity contribution in [3.05, 3.63) is 82.6 Å². The molecular formula is C33H39ClN6O4. The van der Waals surface area contributed by atoms with E-state index >= 15 is 0 Å². The SMILES string of the molecule is Cn1cncc1[C@H](NC(=O)OC1(C)CC1)C1=CC2=CC=CNC2[C@@H](N2CCN(C(=O)OC3(C)CC3)CC2)c2ccc(Cl)cc21. The quantitative estimate of drug-likeness (QED) is 0.456. The molecule has 2 N–H and O–H groups in total. The number of rotatable bonds is 6. The summed E-state index contributed by atoms with van der Waals surface area (Å²) in [5.41, 5.74) is 4.14. The van der Waals surface area contributed by atoms with Crippen molar-refractivity contribution in [3.8, 4) is 0 Å². The van der Waals surface area contributed by atoms with Gasteiger partial charge in [0.1, 0.15) is 11.2 Å². The summed E-state index contributed by atoms with van der Waals surface area (Å²) in [6.45, 7) is 6.50. The van der Waals surface area contributed by atoms with E-state index in [2.05, 4.69) is 38.7 Å². The van der Waals surface area contributed by atoms with Crippen LogP contribution in [0.25, 0.3) is 5.57 Å². The number of imidazole rings is 1. The van der Waals surface area contributed by atoms with Crippen LogP contribution >= 0.6 is 11.6 Å². The van der Waals surface area contributed by atoms with Gasteiger partial charge in [-0.25, -0.2) is 14.6 Å². The molecule has 1 unspecified atom stereocenters. The molecule has 3 atom stereocenters. The van der Waals surface area contributed by atoms with Gasteiger partial charge in [0, 0.05) is 38.2 Å². The number of halogens is 1. The third-order valence-corrected chi connectivity index (χ3v) is 9.81. The fourth-order valence-electron chi connectivity index (χ4n) is 6.39. The van der Waals surface area contributed by atoms with E-state index in [1.54, 1.807) is 12.5 Å². The van der Waals surface area contributed by atoms with E-state index < -0.39 is 17.7 Å². The number of ether oxygens (including phenoxy) is 2. The number of carbonyl (C=O) groups excluding carboxylic acids is 2. The van der Waals surface area contributed by atoms with E-state index in [0.717, 1.165) is 53.7 Å². The van der Waals surface area contributed by atoms with Crippen molar-refractivity contribution in [2.24, 2.45) is 7.05 Å². The highest BCUT2D eigenvalue weighted by Gasteiger charge is 2.45. The Bertz CT molecular complexity index is 1560. The minimum Gasteiger partial charge on any atom is -0.443 e. The van der Waals surface area contributed by atoms with Crippen molar-refractivity contribution in [2.75, 3.05) is 26.2 Å². The molecule has 5 aliphatic rings. The van der Waals surface area contributed by atoms with Crippen LogP contribution in [0.15, 0.2) is 60.7 Å². The molecule has 232 valence electrons. The Morgan fingerprint density at radius 2 is 1.82 bits per heavy atom. The van der Waals surface area contributed by atoms with Gasteiger partial charge >= 0.3 is 12.2 Å². The second-order valence-electron chi connectivity index (χ2n) is 13.1. The lowest BCUT2D eigenvalue weighted by molar-refractivity contribution is 0.0331. The number of nitrogens with zero attached hydrogens (tertiary/aromatic N) is 4. The maximum atomic E-state index is 13.3. The molecule has 2 saturated carbocycles. The predicted octanol–water partition coefficient (Wildman–Crippen LogP) is 5.25. The number of alkyl carbamates (subject to hydrolysis) is 1. The molecule has 44 heavy (non-hydrogen) atoms. The van der Waals surface area contributed by atoms with Crippen LogP contribution in [0, 0.1) is 0 Å². The molecule has 1 saturated heterocycles. The molecule has 2 aromatic rings. The van der Waals surface area contributed by atoms with Crippen molar-refractivity contribution < 1.29 is 19.1 Å². The molecule has 0 bridgehead atoms. The van der Waals surface area contributed by atoms with Gasteiger partial charge in [0.25, 0.3) is 0 Å². The standard InChI is InChI=1S/C33H39ClN6O4/c1-32(8-9-32)43-30(41)37-28(26-19-35-20-38(26)3)25-17-21-5-4-12-36-27(21)29(23-7-6-22(34)18-24(23)25)39-13-15-40(16-14-39)31(42)44-33(2)10-11-33/h4-7,12,17-20,27-29,36H,8-11,13-16H2,1-3H3,(H,37,41)/t27?,28-,29+/m1/s1. The van der Waals surface area contributed by atoms with Crippen molar-refractivity contribution in [2.45, 2.75) is 68.9 Å². The van der Waals surface area contributed by atoms with Crippen molar-refractivity contribution in [1.82, 2.24) is 30.0 Å². The van der Waals surface area contributed by atoms with E-state index in [9.17, 15) is 9.59 Å². The number of aryl methyl sites for hydroxylation is 1. The van der Waals surface area contributed by atoms with E-state index in [1.807, 2.05) is 54.8 Å². The zero-order chi connectivity index (χ0) is 30.6. The highest BCUT2D eigenvalue weighted by Crippen LogP contribution is 2.45. The van der Waals surface area contributed by atoms with Crippen molar-refractivity contribution >= 4 is 29.4 Å². The molecule has 3 fully saturated rings. The third kappa shape index (κ3) is 5.73. The first-order chi connectivity index (χ1) is 21.1. The minimum atomic E-state index is -0.545. The van der Waals surface area contributed by atoms with E-state index in [-0.39, 0.29) is 23.8 Å². The molecule has 0 spiro atoms. The van der Waals surface area contributed by atoms with E-state index in [4.69, 9.17) is 21.1 Å². The summed E-state index contributed by atoms with van der Waals surface area (Å²) in [5, 5.41) is 7.40. The summed E-state index contributed by atoms with van der Waals surface area (Å²) in [5.74, 6) is 0. The largest absolute Gasteiger partial charge is 0.443 e. The lowest BCUT2D eigenvalue weighted by Gasteiger charge is -2.43. The Kier molecular flexibility index (Phi) is 7.24. The number of benzene rings is 1. The number of nitrogens with one attached hydrogen (secondary N) is 2. The molecule has 3 heterocycles. The first-order valence-electron chi connectivity index (χ1n) is 15.4. The first kappa shape index (κ1) is 29.0. The third-order valence-electron chi connectivity index (χ3n) is 9.57. The Morgan fingerprint density at radius 3 is 2.50 bits per heavy atom. The lowest BCUT2D eigenvalue weighted by atomic mass is 9.88. The Hall–Kier alpha value is -3.76. The number of aromatic nitrogens is 2. The average Bonchev–Trinajstić information content (AvgIpc) is 3.88. The molecule has 2 amide bonds. The van der Waals surface area contributed by atoms with E-state index in [1.165, 1.54) is 0 Å². The van der Waals surface area contributed by atoms with Crippen molar-refractivity contribution in [1.29, 1.82) is 0 Å². The number of fused-ring (bicyclic) bond motifs is 2. The smallest absolute Gasteiger partial charge is 0.410 e. The fourth-order valence-corrected chi connectivity index (χ4v) is 6.56. The van der Waals surface area contributed by atoms with Crippen LogP contribution in [0.2, 0.25) is 5.02 Å². The molecule has 1 aromatic carbocycles. The number of hydrogen-bond acceptors (Lipinski definition) is 7. The van der Waals surface area contributed by atoms with Gasteiger partial charge in [0.15, 0.2) is 0 Å². The van der Waals surface area contributed by atoms with Crippen LogP contribution in [-0.4, -0.2) is 75.0 Å². The second kappa shape index (κ2) is 11.0. The minimum absolute atomic E-state index is 0.0594. The molecule has 7 rings (SSSR count). The van der Waals surface area contributed by atoms with Crippen LogP contribution < -0.4 is 10.6 Å². The first-order valence-corrected chi connectivity index (χ1v) is 15.8. The maximum Gasteiger partial charge on any atom is 0.410 e. The number of carbonyl (C=O) groups is 2. The molecular weight excluding hydrogens is 580 g/mol. The summed E-state index contributed by atoms with van der Waals surface area (Å²) >= 11 is 6.68. The topological polar surface area (TPSA) is 101 Å². The highest BCUT2D eigenvalue weighted by molar-refractivity contribution is 6.30. The van der Waals surface area contributed by atoms with Crippen molar-refractivity contribution in [3.63, 3.8) is 0 Å². The van der Waals surface area contributed by atoms with Gasteiger partial charge in [-0.2, -0.15) is 0 Å². The van der Waals surface area contributed by atoms with Crippen LogP contribution in [0.1, 0.15) is 68.4 Å². The average molecular weight is 619 g/mol. The summed E-state index contributed by atoms with van der Waals surface area (Å²) in [6.07, 6.45) is 14.7. The summed E-state index contributed by atoms with van der Waals surface area (Å²) < 4.78 is 13.5. The number of hydrogen-bond donors (Lipinski definition) is 2. The van der Waals surface area contributed by atoms with Gasteiger partial charge in [-0.05, 0) is 86.2 Å². The van der Waals surface area contributed by atoms with Gasteiger partial charge in [0.2, 0.25) is 0 Å². The normalized spacial score (nSPS) is 25.2. The van der Waals surface area contributed by atoms with Crippen LogP contribution in [-0.2, 0) is 16.5 Å². The van der Waals surface area contributed by atoms with Gasteiger partial charge in [-0.1, -0.05) is 29.8 Å². The van der Waals surface area contributed by atoms with Crippen LogP contribution in [0.3, 0.4) is 0 Å².